The number of hydrogen-bond acceptors (Lipinski definition) is 4. The van der Waals surface area contributed by atoms with Crippen molar-refractivity contribution in [1.82, 2.24) is 9.03 Å². The van der Waals surface area contributed by atoms with E-state index < -0.39 is 22.1 Å². The lowest BCUT2D eigenvalue weighted by Gasteiger charge is -2.18. The van der Waals surface area contributed by atoms with Crippen molar-refractivity contribution in [2.45, 2.75) is 33.6 Å². The molecule has 18 heavy (non-hydrogen) atoms. The standard InChI is InChI=1S/C11H24N2O4S/c1-5-7-8-13(4)18(15,16)12-9-10(3)11(14)17-6-2/h10,12H,5-9H2,1-4H3/t10-/m1/s1. The lowest BCUT2D eigenvalue weighted by molar-refractivity contribution is -0.147. The quantitative estimate of drug-likeness (QED) is 0.632. The summed E-state index contributed by atoms with van der Waals surface area (Å²) in [4.78, 5) is 11.3. The van der Waals surface area contributed by atoms with Gasteiger partial charge in [-0.15, -0.1) is 0 Å². The molecule has 0 saturated heterocycles. The van der Waals surface area contributed by atoms with Crippen LogP contribution in [0.3, 0.4) is 0 Å². The van der Waals surface area contributed by atoms with Crippen molar-refractivity contribution in [1.29, 1.82) is 0 Å². The molecule has 0 bridgehead atoms. The lowest BCUT2D eigenvalue weighted by atomic mass is 10.2. The van der Waals surface area contributed by atoms with Gasteiger partial charge >= 0.3 is 5.97 Å². The van der Waals surface area contributed by atoms with E-state index in [0.717, 1.165) is 12.8 Å². The first-order valence-corrected chi connectivity index (χ1v) is 7.66. The molecule has 0 saturated carbocycles. The van der Waals surface area contributed by atoms with Crippen LogP contribution in [0.2, 0.25) is 0 Å². The molecule has 6 nitrogen and oxygen atoms in total. The maximum Gasteiger partial charge on any atom is 0.309 e. The van der Waals surface area contributed by atoms with Crippen LogP contribution >= 0.6 is 0 Å². The summed E-state index contributed by atoms with van der Waals surface area (Å²) in [6.07, 6.45) is 1.74. The fourth-order valence-corrected chi connectivity index (χ4v) is 2.26. The lowest BCUT2D eigenvalue weighted by Crippen LogP contribution is -2.41. The van der Waals surface area contributed by atoms with Gasteiger partial charge in [-0.05, 0) is 13.3 Å². The number of ether oxygens (including phenoxy) is 1. The molecule has 0 unspecified atom stereocenters. The molecule has 0 aromatic rings. The van der Waals surface area contributed by atoms with Crippen molar-refractivity contribution >= 4 is 16.2 Å². The third kappa shape index (κ3) is 6.32. The Balaban J connectivity index is 4.21. The Hall–Kier alpha value is -0.660. The van der Waals surface area contributed by atoms with Crippen LogP contribution in [0, 0.1) is 5.92 Å². The third-order valence-corrected chi connectivity index (χ3v) is 4.03. The Morgan fingerprint density at radius 2 is 2.00 bits per heavy atom. The Labute approximate surface area is 110 Å². The maximum absolute atomic E-state index is 11.8. The molecule has 0 amide bonds. The van der Waals surface area contributed by atoms with Gasteiger partial charge in [-0.25, -0.2) is 4.72 Å². The van der Waals surface area contributed by atoms with Crippen LogP contribution < -0.4 is 4.72 Å². The van der Waals surface area contributed by atoms with Gasteiger partial charge in [0.15, 0.2) is 0 Å². The summed E-state index contributed by atoms with van der Waals surface area (Å²) in [6.45, 7) is 6.17. The average molecular weight is 280 g/mol. The van der Waals surface area contributed by atoms with Gasteiger partial charge < -0.3 is 4.74 Å². The van der Waals surface area contributed by atoms with Crippen LogP contribution in [0.25, 0.3) is 0 Å². The zero-order chi connectivity index (χ0) is 14.2. The van der Waals surface area contributed by atoms with Gasteiger partial charge in [0.25, 0.3) is 10.2 Å². The molecule has 0 aliphatic rings. The number of rotatable bonds is 9. The van der Waals surface area contributed by atoms with Gasteiger partial charge in [-0.1, -0.05) is 20.3 Å². The maximum atomic E-state index is 11.8. The highest BCUT2D eigenvalue weighted by Crippen LogP contribution is 2.01. The Kier molecular flexibility index (Phi) is 8.13. The molecule has 7 heteroatoms. The van der Waals surface area contributed by atoms with E-state index in [1.165, 1.54) is 11.4 Å². The SMILES string of the molecule is CCCCN(C)S(=O)(=O)NC[C@@H](C)C(=O)OCC. The molecule has 0 spiro atoms. The van der Waals surface area contributed by atoms with Crippen molar-refractivity contribution in [3.8, 4) is 0 Å². The average Bonchev–Trinajstić information content (AvgIpc) is 2.33. The summed E-state index contributed by atoms with van der Waals surface area (Å²) in [7, 11) is -1.98. The van der Waals surface area contributed by atoms with Crippen LogP contribution in [0.15, 0.2) is 0 Å². The fourth-order valence-electron chi connectivity index (χ4n) is 1.21. The Bertz CT molecular complexity index is 343. The number of nitrogens with zero attached hydrogens (tertiary/aromatic N) is 1. The van der Waals surface area contributed by atoms with E-state index in [9.17, 15) is 13.2 Å². The minimum Gasteiger partial charge on any atom is -0.466 e. The van der Waals surface area contributed by atoms with E-state index in [1.54, 1.807) is 13.8 Å². The molecular formula is C11H24N2O4S. The topological polar surface area (TPSA) is 75.7 Å². The summed E-state index contributed by atoms with van der Waals surface area (Å²) in [5, 5.41) is 0. The molecule has 0 rings (SSSR count). The van der Waals surface area contributed by atoms with E-state index in [0.29, 0.717) is 13.2 Å². The summed E-state index contributed by atoms with van der Waals surface area (Å²) in [5.74, 6) is -0.879. The number of carbonyl (C=O) groups excluding carboxylic acids is 1. The summed E-state index contributed by atoms with van der Waals surface area (Å²) in [6, 6.07) is 0. The zero-order valence-electron chi connectivity index (χ0n) is 11.6. The third-order valence-electron chi connectivity index (χ3n) is 2.50. The fraction of sp³-hybridized carbons (Fsp3) is 0.909. The van der Waals surface area contributed by atoms with Crippen LogP contribution in [-0.4, -0.2) is 45.4 Å². The van der Waals surface area contributed by atoms with E-state index in [1.807, 2.05) is 6.92 Å². The van der Waals surface area contributed by atoms with Crippen molar-refractivity contribution in [3.63, 3.8) is 0 Å². The predicted molar refractivity (Wildman–Crippen MR) is 70.3 cm³/mol. The molecule has 0 radical (unpaired) electrons. The summed E-state index contributed by atoms with van der Waals surface area (Å²) in [5.41, 5.74) is 0. The van der Waals surface area contributed by atoms with Crippen LogP contribution in [-0.2, 0) is 19.7 Å². The second-order valence-electron chi connectivity index (χ2n) is 4.18. The van der Waals surface area contributed by atoms with Gasteiger partial charge in [0, 0.05) is 20.1 Å². The largest absolute Gasteiger partial charge is 0.466 e. The van der Waals surface area contributed by atoms with Crippen molar-refractivity contribution in [3.05, 3.63) is 0 Å². The van der Waals surface area contributed by atoms with Gasteiger partial charge in [-0.2, -0.15) is 12.7 Å². The first-order chi connectivity index (χ1) is 8.35. The summed E-state index contributed by atoms with van der Waals surface area (Å²) < 4.78 is 32.0. The normalized spacial score (nSPS) is 13.6. The number of esters is 1. The van der Waals surface area contributed by atoms with Crippen molar-refractivity contribution in [2.75, 3.05) is 26.7 Å². The van der Waals surface area contributed by atoms with Gasteiger partial charge in [-0.3, -0.25) is 4.79 Å². The molecule has 0 aromatic carbocycles. The van der Waals surface area contributed by atoms with Gasteiger partial charge in [0.05, 0.1) is 12.5 Å². The number of unbranched alkanes of at least 4 members (excludes halogenated alkanes) is 1. The second-order valence-corrected chi connectivity index (χ2v) is 6.04. The number of hydrogen-bond donors (Lipinski definition) is 1. The smallest absolute Gasteiger partial charge is 0.309 e. The number of carbonyl (C=O) groups is 1. The van der Waals surface area contributed by atoms with E-state index >= 15 is 0 Å². The molecule has 0 heterocycles. The first kappa shape index (κ1) is 17.3. The van der Waals surface area contributed by atoms with Gasteiger partial charge in [0.1, 0.15) is 0 Å². The van der Waals surface area contributed by atoms with Crippen LogP contribution in [0.1, 0.15) is 33.6 Å². The van der Waals surface area contributed by atoms with E-state index in [4.69, 9.17) is 4.74 Å². The van der Waals surface area contributed by atoms with Crippen LogP contribution in [0.5, 0.6) is 0 Å². The molecule has 108 valence electrons. The Morgan fingerprint density at radius 1 is 1.39 bits per heavy atom. The van der Waals surface area contributed by atoms with Crippen molar-refractivity contribution < 1.29 is 17.9 Å². The van der Waals surface area contributed by atoms with Gasteiger partial charge in [0.2, 0.25) is 0 Å². The molecule has 1 atom stereocenters. The minimum absolute atomic E-state index is 0.0532. The second kappa shape index (κ2) is 8.44. The monoisotopic (exact) mass is 280 g/mol. The highest BCUT2D eigenvalue weighted by molar-refractivity contribution is 7.87. The number of nitrogens with one attached hydrogen (secondary N) is 1. The first-order valence-electron chi connectivity index (χ1n) is 6.22. The highest BCUT2D eigenvalue weighted by atomic mass is 32.2. The van der Waals surface area contributed by atoms with E-state index in [-0.39, 0.29) is 6.54 Å². The molecule has 0 fully saturated rings. The zero-order valence-corrected chi connectivity index (χ0v) is 12.4. The van der Waals surface area contributed by atoms with E-state index in [2.05, 4.69) is 4.72 Å². The predicted octanol–water partition coefficient (Wildman–Crippen LogP) is 0.752. The molecule has 1 N–H and O–H groups in total. The molecule has 0 aromatic heterocycles. The molecule has 0 aliphatic heterocycles. The molecular weight excluding hydrogens is 256 g/mol. The Morgan fingerprint density at radius 3 is 2.50 bits per heavy atom. The van der Waals surface area contributed by atoms with Crippen molar-refractivity contribution in [2.24, 2.45) is 5.92 Å². The minimum atomic E-state index is -3.50. The highest BCUT2D eigenvalue weighted by Gasteiger charge is 2.20. The molecule has 0 aliphatic carbocycles. The van der Waals surface area contributed by atoms with Crippen LogP contribution in [0.4, 0.5) is 0 Å². The summed E-state index contributed by atoms with van der Waals surface area (Å²) >= 11 is 0.